The van der Waals surface area contributed by atoms with Crippen molar-refractivity contribution in [1.82, 2.24) is 29.9 Å². The van der Waals surface area contributed by atoms with Gasteiger partial charge in [-0.25, -0.2) is 24.9 Å². The van der Waals surface area contributed by atoms with E-state index in [1.165, 1.54) is 0 Å². The van der Waals surface area contributed by atoms with Gasteiger partial charge in [-0.15, -0.1) is 0 Å². The highest BCUT2D eigenvalue weighted by molar-refractivity contribution is 9.12. The predicted molar refractivity (Wildman–Crippen MR) is 516 cm³/mol. The number of nitrogens with zero attached hydrogens (tertiary/aromatic N) is 6. The minimum Gasteiger partial charge on any atom is -0.496 e. The van der Waals surface area contributed by atoms with Gasteiger partial charge in [-0.2, -0.15) is 0 Å². The van der Waals surface area contributed by atoms with Gasteiger partial charge in [-0.05, 0) is 273 Å². The average molecular weight is 2180 g/mol. The topological polar surface area (TPSA) is 270 Å². The van der Waals surface area contributed by atoms with Crippen LogP contribution in [0.1, 0.15) is 100 Å². The lowest BCUT2D eigenvalue weighted by Crippen LogP contribution is -2.04. The molecule has 0 saturated carbocycles. The van der Waals surface area contributed by atoms with Gasteiger partial charge in [-0.1, -0.05) is 163 Å². The Balaban J connectivity index is 0.000000126. The second-order valence-corrected chi connectivity index (χ2v) is 35.5. The van der Waals surface area contributed by atoms with Crippen LogP contribution in [0, 0.1) is 41.5 Å². The fourth-order valence-electron chi connectivity index (χ4n) is 13.2. The lowest BCUT2D eigenvalue weighted by Gasteiger charge is -2.11. The Morgan fingerprint density at radius 2 is 0.590 bits per heavy atom. The number of hydrogen-bond donors (Lipinski definition) is 6. The molecule has 0 bridgehead atoms. The summed E-state index contributed by atoms with van der Waals surface area (Å²) >= 11 is 40.4. The number of aromatic nitrogens is 6. The van der Waals surface area contributed by atoms with Crippen molar-refractivity contribution >= 4 is 291 Å². The molecule has 12 aromatic rings. The van der Waals surface area contributed by atoms with Gasteiger partial charge in [0, 0.05) is 106 Å². The lowest BCUT2D eigenvalue weighted by molar-refractivity contribution is -0.111. The van der Waals surface area contributed by atoms with Crippen molar-refractivity contribution in [2.24, 2.45) is 0 Å². The van der Waals surface area contributed by atoms with Crippen LogP contribution in [-0.4, -0.2) is 79.6 Å². The molecule has 12 heterocycles. The van der Waals surface area contributed by atoms with E-state index in [2.05, 4.69) is 189 Å². The van der Waals surface area contributed by atoms with Crippen molar-refractivity contribution in [3.63, 3.8) is 0 Å². The van der Waals surface area contributed by atoms with Crippen LogP contribution in [0.5, 0.6) is 11.5 Å². The molecule has 0 unspecified atom stereocenters. The molecule has 0 radical (unpaired) electrons. The minimum absolute atomic E-state index is 0.105. The van der Waals surface area contributed by atoms with Crippen molar-refractivity contribution in [2.75, 3.05) is 46.1 Å². The third-order valence-electron chi connectivity index (χ3n) is 19.3. The summed E-state index contributed by atoms with van der Waals surface area (Å²) in [6.07, 6.45) is 20.9. The largest absolute Gasteiger partial charge is 0.496 e. The zero-order chi connectivity index (χ0) is 87.1. The maximum Gasteiger partial charge on any atom is 0.258 e. The van der Waals surface area contributed by atoms with E-state index in [0.717, 1.165) is 136 Å². The summed E-state index contributed by atoms with van der Waals surface area (Å²) in [6.45, 7) is 12.0. The molecule has 0 fully saturated rings. The highest BCUT2D eigenvalue weighted by atomic mass is 79.9. The summed E-state index contributed by atoms with van der Waals surface area (Å²) in [5, 5.41) is 17.6. The molecule has 6 N–H and O–H groups in total. The van der Waals surface area contributed by atoms with Gasteiger partial charge >= 0.3 is 0 Å². The number of fused-ring (bicyclic) bond motifs is 6. The molecule has 6 aromatic carbocycles. The van der Waals surface area contributed by atoms with Crippen LogP contribution in [0.15, 0.2) is 219 Å². The van der Waals surface area contributed by atoms with Crippen molar-refractivity contribution in [2.45, 2.75) is 41.5 Å². The third kappa shape index (κ3) is 20.7. The number of ether oxygens (including phenoxy) is 2. The summed E-state index contributed by atoms with van der Waals surface area (Å²) in [6, 6.07) is 45.8. The molecule has 612 valence electrons. The smallest absolute Gasteiger partial charge is 0.258 e. The fraction of sp³-hybridized carbons (Fsp3) is 0.0870. The van der Waals surface area contributed by atoms with E-state index in [0.29, 0.717) is 89.4 Å². The van der Waals surface area contributed by atoms with Crippen LogP contribution in [0.4, 0.5) is 34.8 Å². The first-order valence-corrected chi connectivity index (χ1v) is 43.9. The van der Waals surface area contributed by atoms with Crippen molar-refractivity contribution in [3.05, 3.63) is 329 Å². The molecule has 30 heteroatoms. The zero-order valence-corrected chi connectivity index (χ0v) is 79.7. The zero-order valence-electron chi connectivity index (χ0n) is 65.5. The number of carbonyl (C=O) groups excluding carboxylic acids is 6. The van der Waals surface area contributed by atoms with Crippen LogP contribution in [-0.2, 0) is 28.8 Å². The second kappa shape index (κ2) is 39.3. The van der Waals surface area contributed by atoms with E-state index in [9.17, 15) is 28.8 Å². The second-order valence-electron chi connectivity index (χ2n) is 27.7. The first kappa shape index (κ1) is 89.3. The Hall–Kier alpha value is -10.5. The maximum absolute atomic E-state index is 12.1. The molecule has 18 rings (SSSR count). The Morgan fingerprint density at radius 1 is 0.303 bits per heavy atom. The summed E-state index contributed by atoms with van der Waals surface area (Å²) < 4.78 is 18.7. The van der Waals surface area contributed by atoms with E-state index in [4.69, 9.17) is 32.7 Å². The highest BCUT2D eigenvalue weighted by Gasteiger charge is 2.32. The first-order chi connectivity index (χ1) is 58.4. The Bertz CT molecular complexity index is 6310. The van der Waals surface area contributed by atoms with Crippen molar-refractivity contribution in [3.8, 4) is 11.5 Å². The van der Waals surface area contributed by atoms with E-state index in [1.54, 1.807) is 69.6 Å². The third-order valence-corrected chi connectivity index (χ3v) is 25.7. The molecular weight excluding hydrogens is 2110 g/mol. The van der Waals surface area contributed by atoms with Crippen molar-refractivity contribution in [1.29, 1.82) is 0 Å². The van der Waals surface area contributed by atoms with E-state index < -0.39 is 0 Å². The molecule has 6 aromatic heterocycles. The van der Waals surface area contributed by atoms with Crippen molar-refractivity contribution < 1.29 is 38.2 Å². The number of nitrogens with one attached hydrogen (secondary N) is 6. The summed E-state index contributed by atoms with van der Waals surface area (Å²) in [5.74, 6) is 3.41. The van der Waals surface area contributed by atoms with Gasteiger partial charge in [0.05, 0.1) is 69.1 Å². The number of benzene rings is 6. The number of carbonyl (C=O) groups is 6. The molecule has 6 amide bonds. The number of pyridine rings is 6. The van der Waals surface area contributed by atoms with Gasteiger partial charge < -0.3 is 41.4 Å². The van der Waals surface area contributed by atoms with Crippen LogP contribution in [0.25, 0.3) is 69.9 Å². The fourth-order valence-corrected chi connectivity index (χ4v) is 18.6. The Morgan fingerprint density at radius 3 is 0.943 bits per heavy atom. The summed E-state index contributed by atoms with van der Waals surface area (Å²) in [5.41, 5.74) is 20.9. The molecule has 0 saturated heterocycles. The maximum atomic E-state index is 12.1. The molecule has 0 aliphatic carbocycles. The molecular formula is C92H66Br8Cl2N12O8. The normalized spacial score (nSPS) is 15.2. The van der Waals surface area contributed by atoms with Gasteiger partial charge in [0.15, 0.2) is 0 Å². The first-order valence-electron chi connectivity index (χ1n) is 36.8. The molecule has 20 nitrogen and oxygen atoms in total. The average Bonchev–Trinajstić information content (AvgIpc) is 1.61. The van der Waals surface area contributed by atoms with Gasteiger partial charge in [0.25, 0.3) is 35.4 Å². The highest BCUT2D eigenvalue weighted by Crippen LogP contribution is 2.43. The Kier molecular flexibility index (Phi) is 28.8. The predicted octanol–water partition coefficient (Wildman–Crippen LogP) is 24.7. The van der Waals surface area contributed by atoms with Crippen LogP contribution >= 0.6 is 151 Å². The number of amides is 6. The number of anilines is 6. The lowest BCUT2D eigenvalue weighted by atomic mass is 10.0. The van der Waals surface area contributed by atoms with E-state index in [1.807, 2.05) is 205 Å². The molecule has 0 atom stereocenters. The van der Waals surface area contributed by atoms with Crippen LogP contribution < -0.4 is 41.4 Å². The Labute approximate surface area is 779 Å². The molecule has 122 heavy (non-hydrogen) atoms. The molecule has 6 aliphatic heterocycles. The monoisotopic (exact) mass is 2170 g/mol. The molecule has 6 aliphatic rings. The molecule has 0 spiro atoms. The van der Waals surface area contributed by atoms with Gasteiger partial charge in [-0.3, -0.25) is 33.8 Å². The van der Waals surface area contributed by atoms with Gasteiger partial charge in [0.2, 0.25) is 0 Å². The SMILES string of the molecule is COc1cc(C=C2C(=O)Nc3ncccc32)cc(OC)c1C.Cc1c(Br)cc(C=C2C(=O)Nc3cccnc32)cc1Br.Cc1c(Br)cc(C=C2C(=O)Nc3nccc(Cl)c32)cc1Br.Cc1c(Br)cc(C=C2C(=O)Nc3ncccc32)cc1Br.Cc1cc(Br)cc(C=C2C(=O)Nc3nccc(Cl)c32)c1.Cc1cc(Br)cc(C=C2C(=O)Nc3ncccc32)c1. The standard InChI is InChI=1S/C17H16N2O3.C15H9Br2ClN2O.2C15H10Br2N2O.C15H10BrClN2O.C15H11BrN2O/c1-10-14(21-2)8-11(9-15(10)22-3)7-13-12-5-4-6-18-16(12)19-17(13)20;1-7-10(16)5-8(6-11(7)17)4-9-13-12(18)2-3-19-14(13)20-15(9)21;1-8-11(16)6-9(7-12(8)17)5-10-14-13(19-15(10)20)3-2-4-18-14;1-8-12(16)6-9(7-13(8)17)5-11-10-3-2-4-18-14(10)19-15(11)20;1-8-4-9(6-10(16)5-8)7-11-13-12(17)2-3-18-14(13)19-15(11)20;1-9-5-10(7-11(16)6-9)8-13-12-3-2-4-17-14(12)18-15(13)19/h4-9H,1-3H3,(H,18,19,20);2-6H,1H3,(H,19,20,21);2-7H,1H3,(H,19,20);2*2-7H,1H3,(H,18,19,20);2-8H,1H3,(H,17,18,19). The number of rotatable bonds is 8. The minimum atomic E-state index is -0.196. The van der Waals surface area contributed by atoms with Crippen LogP contribution in [0.2, 0.25) is 10.0 Å². The number of hydrogen-bond acceptors (Lipinski definition) is 14. The van der Waals surface area contributed by atoms with Gasteiger partial charge in [0.1, 0.15) is 40.6 Å². The number of halogens is 10. The van der Waals surface area contributed by atoms with Crippen LogP contribution in [0.3, 0.4) is 0 Å². The van der Waals surface area contributed by atoms with E-state index >= 15 is 0 Å². The number of aryl methyl sites for hydroxylation is 2. The van der Waals surface area contributed by atoms with E-state index in [-0.39, 0.29) is 35.4 Å². The summed E-state index contributed by atoms with van der Waals surface area (Å²) in [4.78, 5) is 97.4. The summed E-state index contributed by atoms with van der Waals surface area (Å²) in [7, 11) is 3.22. The quantitative estimate of drug-likeness (QED) is 0.0773. The number of methoxy groups -OCH3 is 2.